The number of benzene rings is 1. The molecule has 1 fully saturated rings. The first-order chi connectivity index (χ1) is 9.89. The summed E-state index contributed by atoms with van der Waals surface area (Å²) in [6.45, 7) is 7.79. The van der Waals surface area contributed by atoms with Gasteiger partial charge in [0.2, 0.25) is 10.0 Å². The van der Waals surface area contributed by atoms with Gasteiger partial charge in [-0.15, -0.1) is 0 Å². The molecule has 0 bridgehead atoms. The number of hydrogen-bond donors (Lipinski definition) is 0. The Morgan fingerprint density at radius 3 is 2.43 bits per heavy atom. The summed E-state index contributed by atoms with van der Waals surface area (Å²) in [4.78, 5) is 2.33. The van der Waals surface area contributed by atoms with Crippen LogP contribution in [0.25, 0.3) is 0 Å². The van der Waals surface area contributed by atoms with E-state index in [1.54, 1.807) is 0 Å². The molecule has 1 saturated heterocycles. The van der Waals surface area contributed by atoms with Gasteiger partial charge in [0.1, 0.15) is 5.82 Å². The Labute approximate surface area is 126 Å². The van der Waals surface area contributed by atoms with Gasteiger partial charge in [0, 0.05) is 26.2 Å². The molecule has 1 aromatic rings. The predicted octanol–water partition coefficient (Wildman–Crippen LogP) is 2.18. The van der Waals surface area contributed by atoms with Gasteiger partial charge in [0.25, 0.3) is 0 Å². The molecule has 1 heterocycles. The quantitative estimate of drug-likeness (QED) is 0.836. The first kappa shape index (κ1) is 16.4. The van der Waals surface area contributed by atoms with Crippen LogP contribution in [0, 0.1) is 11.7 Å². The molecule has 0 saturated carbocycles. The molecule has 0 N–H and O–H groups in total. The number of hydrogen-bond acceptors (Lipinski definition) is 3. The number of sulfonamides is 1. The lowest BCUT2D eigenvalue weighted by Gasteiger charge is -2.34. The van der Waals surface area contributed by atoms with Crippen molar-refractivity contribution in [3.63, 3.8) is 0 Å². The van der Waals surface area contributed by atoms with Crippen molar-refractivity contribution in [3.05, 3.63) is 30.1 Å². The molecule has 1 aliphatic heterocycles. The summed E-state index contributed by atoms with van der Waals surface area (Å²) in [5.41, 5.74) is 0. The lowest BCUT2D eigenvalue weighted by molar-refractivity contribution is 0.180. The van der Waals surface area contributed by atoms with Crippen LogP contribution in [0.2, 0.25) is 0 Å². The van der Waals surface area contributed by atoms with Crippen molar-refractivity contribution in [2.24, 2.45) is 5.92 Å². The third-order valence-corrected chi connectivity index (χ3v) is 5.68. The zero-order chi connectivity index (χ0) is 15.5. The van der Waals surface area contributed by atoms with Gasteiger partial charge in [-0.1, -0.05) is 19.9 Å². The average molecular weight is 314 g/mol. The number of rotatable bonds is 5. The van der Waals surface area contributed by atoms with Crippen LogP contribution in [0.4, 0.5) is 4.39 Å². The minimum absolute atomic E-state index is 0.0399. The maximum atomic E-state index is 13.2. The first-order valence-corrected chi connectivity index (χ1v) is 8.81. The van der Waals surface area contributed by atoms with Crippen molar-refractivity contribution >= 4 is 10.0 Å². The van der Waals surface area contributed by atoms with Crippen molar-refractivity contribution in [3.8, 4) is 0 Å². The van der Waals surface area contributed by atoms with E-state index in [9.17, 15) is 12.8 Å². The molecule has 118 valence electrons. The van der Waals surface area contributed by atoms with E-state index in [2.05, 4.69) is 18.7 Å². The lowest BCUT2D eigenvalue weighted by Crippen LogP contribution is -2.48. The Bertz CT molecular complexity index is 567. The van der Waals surface area contributed by atoms with Gasteiger partial charge in [-0.25, -0.2) is 12.8 Å². The highest BCUT2D eigenvalue weighted by molar-refractivity contribution is 7.89. The standard InChI is InChI=1S/C15H23FN2O2S/c1-13(2)6-7-17-8-10-18(11-9-17)21(19,20)15-5-3-4-14(16)12-15/h3-5,12-13H,6-11H2,1-2H3. The van der Waals surface area contributed by atoms with Gasteiger partial charge in [0.15, 0.2) is 0 Å². The van der Waals surface area contributed by atoms with Crippen LogP contribution in [0.1, 0.15) is 20.3 Å². The highest BCUT2D eigenvalue weighted by Gasteiger charge is 2.28. The smallest absolute Gasteiger partial charge is 0.243 e. The van der Waals surface area contributed by atoms with Crippen LogP contribution in [-0.2, 0) is 10.0 Å². The van der Waals surface area contributed by atoms with E-state index in [-0.39, 0.29) is 4.90 Å². The number of piperazine rings is 1. The summed E-state index contributed by atoms with van der Waals surface area (Å²) < 4.78 is 39.6. The minimum Gasteiger partial charge on any atom is -0.301 e. The van der Waals surface area contributed by atoms with Crippen molar-refractivity contribution < 1.29 is 12.8 Å². The van der Waals surface area contributed by atoms with E-state index < -0.39 is 15.8 Å². The summed E-state index contributed by atoms with van der Waals surface area (Å²) in [5, 5.41) is 0. The molecule has 0 aliphatic carbocycles. The Morgan fingerprint density at radius 1 is 1.19 bits per heavy atom. The van der Waals surface area contributed by atoms with E-state index in [0.29, 0.717) is 19.0 Å². The largest absolute Gasteiger partial charge is 0.301 e. The highest BCUT2D eigenvalue weighted by atomic mass is 32.2. The molecule has 0 aromatic heterocycles. The van der Waals surface area contributed by atoms with Gasteiger partial charge in [0.05, 0.1) is 4.90 Å². The summed E-state index contributed by atoms with van der Waals surface area (Å²) >= 11 is 0. The van der Waals surface area contributed by atoms with E-state index in [4.69, 9.17) is 0 Å². The molecule has 21 heavy (non-hydrogen) atoms. The van der Waals surface area contributed by atoms with Gasteiger partial charge in [-0.2, -0.15) is 4.31 Å². The predicted molar refractivity (Wildman–Crippen MR) is 81.1 cm³/mol. The third-order valence-electron chi connectivity index (χ3n) is 3.79. The Balaban J connectivity index is 1.98. The third kappa shape index (κ3) is 4.25. The van der Waals surface area contributed by atoms with Crippen LogP contribution < -0.4 is 0 Å². The normalized spacial score (nSPS) is 18.3. The van der Waals surface area contributed by atoms with Crippen LogP contribution in [0.5, 0.6) is 0 Å². The Morgan fingerprint density at radius 2 is 1.86 bits per heavy atom. The van der Waals surface area contributed by atoms with Gasteiger partial charge < -0.3 is 4.90 Å². The number of nitrogens with zero attached hydrogens (tertiary/aromatic N) is 2. The van der Waals surface area contributed by atoms with E-state index in [0.717, 1.165) is 32.1 Å². The average Bonchev–Trinajstić information content (AvgIpc) is 2.45. The van der Waals surface area contributed by atoms with Crippen molar-refractivity contribution in [2.75, 3.05) is 32.7 Å². The van der Waals surface area contributed by atoms with Gasteiger partial charge in [-0.3, -0.25) is 0 Å². The fourth-order valence-corrected chi connectivity index (χ4v) is 3.86. The molecule has 1 aromatic carbocycles. The molecule has 2 rings (SSSR count). The SMILES string of the molecule is CC(C)CCN1CCN(S(=O)(=O)c2cccc(F)c2)CC1. The second-order valence-electron chi connectivity index (χ2n) is 5.89. The monoisotopic (exact) mass is 314 g/mol. The van der Waals surface area contributed by atoms with Crippen LogP contribution >= 0.6 is 0 Å². The number of halogens is 1. The Hall–Kier alpha value is -0.980. The maximum absolute atomic E-state index is 13.2. The minimum atomic E-state index is -3.57. The van der Waals surface area contributed by atoms with E-state index in [1.165, 1.54) is 22.5 Å². The van der Waals surface area contributed by atoms with Crippen LogP contribution in [-0.4, -0.2) is 50.3 Å². The van der Waals surface area contributed by atoms with E-state index >= 15 is 0 Å². The molecule has 0 amide bonds. The molecule has 6 heteroatoms. The zero-order valence-corrected chi connectivity index (χ0v) is 13.4. The lowest BCUT2D eigenvalue weighted by atomic mass is 10.1. The van der Waals surface area contributed by atoms with Crippen LogP contribution in [0.15, 0.2) is 29.2 Å². The summed E-state index contributed by atoms with van der Waals surface area (Å²) in [6, 6.07) is 5.22. The Kier molecular flexibility index (Phi) is 5.35. The second-order valence-corrected chi connectivity index (χ2v) is 7.82. The van der Waals surface area contributed by atoms with Crippen molar-refractivity contribution in [1.82, 2.24) is 9.21 Å². The van der Waals surface area contributed by atoms with Crippen molar-refractivity contribution in [2.45, 2.75) is 25.2 Å². The van der Waals surface area contributed by atoms with Crippen molar-refractivity contribution in [1.29, 1.82) is 0 Å². The van der Waals surface area contributed by atoms with Crippen LogP contribution in [0.3, 0.4) is 0 Å². The molecule has 0 unspecified atom stereocenters. The van der Waals surface area contributed by atoms with E-state index in [1.807, 2.05) is 0 Å². The molecular weight excluding hydrogens is 291 g/mol. The molecule has 0 spiro atoms. The zero-order valence-electron chi connectivity index (χ0n) is 12.6. The molecule has 4 nitrogen and oxygen atoms in total. The van der Waals surface area contributed by atoms with Gasteiger partial charge >= 0.3 is 0 Å². The maximum Gasteiger partial charge on any atom is 0.243 e. The van der Waals surface area contributed by atoms with Gasteiger partial charge in [-0.05, 0) is 37.1 Å². The summed E-state index contributed by atoms with van der Waals surface area (Å²) in [6.07, 6.45) is 1.12. The topological polar surface area (TPSA) is 40.6 Å². The molecule has 0 radical (unpaired) electrons. The summed E-state index contributed by atoms with van der Waals surface area (Å²) in [5.74, 6) is 0.130. The summed E-state index contributed by atoms with van der Waals surface area (Å²) in [7, 11) is -3.57. The first-order valence-electron chi connectivity index (χ1n) is 7.37. The highest BCUT2D eigenvalue weighted by Crippen LogP contribution is 2.18. The molecule has 1 aliphatic rings. The fraction of sp³-hybridized carbons (Fsp3) is 0.600. The fourth-order valence-electron chi connectivity index (χ4n) is 2.41. The second kappa shape index (κ2) is 6.85. The molecular formula is C15H23FN2O2S. The molecule has 0 atom stereocenters.